The third-order valence-electron chi connectivity index (χ3n) is 5.68. The van der Waals surface area contributed by atoms with E-state index in [1.54, 1.807) is 26.0 Å². The predicted molar refractivity (Wildman–Crippen MR) is 125 cm³/mol. The Labute approximate surface area is 188 Å². The van der Waals surface area contributed by atoms with Gasteiger partial charge in [-0.25, -0.2) is 0 Å². The van der Waals surface area contributed by atoms with Crippen molar-refractivity contribution in [2.24, 2.45) is 0 Å². The molecule has 3 aromatic rings. The van der Waals surface area contributed by atoms with Crippen molar-refractivity contribution >= 4 is 23.4 Å². The van der Waals surface area contributed by atoms with Crippen LogP contribution in [0.1, 0.15) is 28.3 Å². The average molecular weight is 440 g/mol. The Balaban J connectivity index is 1.76. The lowest BCUT2D eigenvalue weighted by Crippen LogP contribution is -2.35. The van der Waals surface area contributed by atoms with Gasteiger partial charge in [-0.15, -0.1) is 11.8 Å². The number of hydrogen-bond donors (Lipinski definition) is 0. The molecule has 0 bridgehead atoms. The van der Waals surface area contributed by atoms with Crippen LogP contribution in [0.5, 0.6) is 11.5 Å². The molecule has 1 aliphatic heterocycles. The number of nitrogens with zero attached hydrogens (tertiary/aromatic N) is 1. The van der Waals surface area contributed by atoms with Crippen LogP contribution in [0.15, 0.2) is 65.6 Å². The third kappa shape index (κ3) is 4.31. The Bertz CT molecular complexity index is 1020. The summed E-state index contributed by atoms with van der Waals surface area (Å²) in [4.78, 5) is 3.81. The highest BCUT2D eigenvalue weighted by atomic mass is 35.5. The first-order valence-corrected chi connectivity index (χ1v) is 11.6. The molecular weight excluding hydrogens is 414 g/mol. The molecule has 0 spiro atoms. The van der Waals surface area contributed by atoms with Gasteiger partial charge >= 0.3 is 0 Å². The zero-order chi connectivity index (χ0) is 21.1. The summed E-state index contributed by atoms with van der Waals surface area (Å²) in [6.45, 7) is 1.84. The number of hydrogen-bond acceptors (Lipinski definition) is 4. The van der Waals surface area contributed by atoms with Crippen molar-refractivity contribution in [3.63, 3.8) is 0 Å². The van der Waals surface area contributed by atoms with Crippen molar-refractivity contribution in [2.75, 3.05) is 27.0 Å². The summed E-state index contributed by atoms with van der Waals surface area (Å²) < 4.78 is 11.2. The molecule has 1 unspecified atom stereocenters. The van der Waals surface area contributed by atoms with Gasteiger partial charge in [0.05, 0.1) is 20.3 Å². The Morgan fingerprint density at radius 3 is 2.40 bits per heavy atom. The minimum Gasteiger partial charge on any atom is -0.493 e. The lowest BCUT2D eigenvalue weighted by Gasteiger charge is -2.38. The van der Waals surface area contributed by atoms with Gasteiger partial charge in [-0.3, -0.25) is 4.90 Å². The first-order chi connectivity index (χ1) is 14.6. The third-order valence-corrected chi connectivity index (χ3v) is 6.66. The highest BCUT2D eigenvalue weighted by Gasteiger charge is 2.30. The molecule has 4 rings (SSSR count). The van der Waals surface area contributed by atoms with E-state index in [2.05, 4.69) is 59.7 Å². The summed E-state index contributed by atoms with van der Waals surface area (Å²) in [5.74, 6) is 1.54. The number of thioether (sulfide) groups is 1. The summed E-state index contributed by atoms with van der Waals surface area (Å²) in [5, 5.41) is 0.754. The zero-order valence-corrected chi connectivity index (χ0v) is 19.1. The molecule has 5 heteroatoms. The van der Waals surface area contributed by atoms with Crippen LogP contribution in [0, 0.1) is 0 Å². The van der Waals surface area contributed by atoms with Gasteiger partial charge in [0, 0.05) is 23.0 Å². The number of benzene rings is 3. The molecule has 156 valence electrons. The van der Waals surface area contributed by atoms with E-state index in [-0.39, 0.29) is 6.04 Å². The first-order valence-electron chi connectivity index (χ1n) is 10.00. The van der Waals surface area contributed by atoms with Crippen LogP contribution in [0.4, 0.5) is 0 Å². The van der Waals surface area contributed by atoms with E-state index in [1.807, 2.05) is 12.1 Å². The second-order valence-corrected chi connectivity index (χ2v) is 8.75. The van der Waals surface area contributed by atoms with Crippen molar-refractivity contribution in [1.82, 2.24) is 4.90 Å². The average Bonchev–Trinajstić information content (AvgIpc) is 2.78. The van der Waals surface area contributed by atoms with Crippen molar-refractivity contribution in [1.29, 1.82) is 0 Å². The fraction of sp³-hybridized carbons (Fsp3) is 0.280. The Morgan fingerprint density at radius 2 is 1.73 bits per heavy atom. The number of halogens is 1. The van der Waals surface area contributed by atoms with Crippen LogP contribution in [0.25, 0.3) is 0 Å². The molecule has 3 nitrogen and oxygen atoms in total. The Morgan fingerprint density at radius 1 is 1.00 bits per heavy atom. The molecule has 1 heterocycles. The lowest BCUT2D eigenvalue weighted by atomic mass is 9.87. The van der Waals surface area contributed by atoms with Gasteiger partial charge in [0.15, 0.2) is 11.5 Å². The maximum absolute atomic E-state index is 6.37. The second-order valence-electron chi connectivity index (χ2n) is 7.43. The predicted octanol–water partition coefficient (Wildman–Crippen LogP) is 6.23. The van der Waals surface area contributed by atoms with Gasteiger partial charge in [-0.05, 0) is 71.3 Å². The molecule has 0 saturated heterocycles. The van der Waals surface area contributed by atoms with Crippen LogP contribution in [0.3, 0.4) is 0 Å². The van der Waals surface area contributed by atoms with Crippen molar-refractivity contribution < 1.29 is 9.47 Å². The Hall–Kier alpha value is -2.14. The van der Waals surface area contributed by atoms with Crippen LogP contribution < -0.4 is 9.47 Å². The van der Waals surface area contributed by atoms with Crippen molar-refractivity contribution in [2.45, 2.75) is 23.9 Å². The molecule has 0 radical (unpaired) electrons. The van der Waals surface area contributed by atoms with Gasteiger partial charge in [0.1, 0.15) is 0 Å². The molecule has 0 fully saturated rings. The van der Waals surface area contributed by atoms with Crippen LogP contribution in [-0.2, 0) is 13.0 Å². The molecule has 1 aliphatic rings. The van der Waals surface area contributed by atoms with E-state index in [9.17, 15) is 0 Å². The van der Waals surface area contributed by atoms with Gasteiger partial charge in [-0.1, -0.05) is 35.9 Å². The molecule has 0 aliphatic carbocycles. The smallest absolute Gasteiger partial charge is 0.161 e. The summed E-state index contributed by atoms with van der Waals surface area (Å²) >= 11 is 8.14. The Kier molecular flexibility index (Phi) is 6.57. The van der Waals surface area contributed by atoms with Crippen LogP contribution >= 0.6 is 23.4 Å². The standard InChI is InChI=1S/C25H26ClNO2S/c1-28-23-14-18-11-12-27(16-17-7-9-21(30-3)10-8-17)25(22(18)15-24(23)29-2)19-5-4-6-20(26)13-19/h4-10,13-15,25H,11-12,16H2,1-3H3. The lowest BCUT2D eigenvalue weighted by molar-refractivity contribution is 0.203. The molecule has 1 atom stereocenters. The maximum atomic E-state index is 6.37. The maximum Gasteiger partial charge on any atom is 0.161 e. The van der Waals surface area contributed by atoms with E-state index < -0.39 is 0 Å². The van der Waals surface area contributed by atoms with Crippen molar-refractivity contribution in [3.8, 4) is 11.5 Å². The highest BCUT2D eigenvalue weighted by molar-refractivity contribution is 7.98. The zero-order valence-electron chi connectivity index (χ0n) is 17.5. The molecule has 3 aromatic carbocycles. The number of fused-ring (bicyclic) bond motifs is 1. The van der Waals surface area contributed by atoms with Gasteiger partial charge in [0.25, 0.3) is 0 Å². The van der Waals surface area contributed by atoms with Crippen LogP contribution in [-0.4, -0.2) is 31.9 Å². The van der Waals surface area contributed by atoms with E-state index in [1.165, 1.54) is 27.1 Å². The minimum absolute atomic E-state index is 0.104. The fourth-order valence-corrected chi connectivity index (χ4v) is 4.81. The number of ether oxygens (including phenoxy) is 2. The monoisotopic (exact) mass is 439 g/mol. The van der Waals surface area contributed by atoms with Gasteiger partial charge in [0.2, 0.25) is 0 Å². The quantitative estimate of drug-likeness (QED) is 0.424. The van der Waals surface area contributed by atoms with E-state index >= 15 is 0 Å². The molecule has 0 N–H and O–H groups in total. The topological polar surface area (TPSA) is 21.7 Å². The fourth-order valence-electron chi connectivity index (χ4n) is 4.20. The SMILES string of the molecule is COc1cc2c(cc1OC)C(c1cccc(Cl)c1)N(Cc1ccc(SC)cc1)CC2. The number of methoxy groups -OCH3 is 2. The largest absolute Gasteiger partial charge is 0.493 e. The molecule has 0 amide bonds. The highest BCUT2D eigenvalue weighted by Crippen LogP contribution is 2.42. The summed E-state index contributed by atoms with van der Waals surface area (Å²) in [5.41, 5.74) is 5.05. The normalized spacial score (nSPS) is 16.2. The molecule has 30 heavy (non-hydrogen) atoms. The van der Waals surface area contributed by atoms with Crippen molar-refractivity contribution in [3.05, 3.63) is 87.9 Å². The second kappa shape index (κ2) is 9.34. The van der Waals surface area contributed by atoms with Gasteiger partial charge < -0.3 is 9.47 Å². The first kappa shape index (κ1) is 21.1. The summed E-state index contributed by atoms with van der Waals surface area (Å²) in [6, 6.07) is 21.4. The summed E-state index contributed by atoms with van der Waals surface area (Å²) in [7, 11) is 3.37. The van der Waals surface area contributed by atoms with Gasteiger partial charge in [-0.2, -0.15) is 0 Å². The number of rotatable bonds is 6. The molecule has 0 aromatic heterocycles. The summed E-state index contributed by atoms with van der Waals surface area (Å²) in [6.07, 6.45) is 3.07. The molecular formula is C25H26ClNO2S. The van der Waals surface area contributed by atoms with E-state index in [4.69, 9.17) is 21.1 Å². The van der Waals surface area contributed by atoms with E-state index in [0.717, 1.165) is 36.0 Å². The van der Waals surface area contributed by atoms with Crippen LogP contribution in [0.2, 0.25) is 5.02 Å². The molecule has 0 saturated carbocycles. The van der Waals surface area contributed by atoms with E-state index in [0.29, 0.717) is 0 Å². The minimum atomic E-state index is 0.104.